The topological polar surface area (TPSA) is 29.9 Å². The minimum Gasteiger partial charge on any atom is -0.319 e. The lowest BCUT2D eigenvalue weighted by Gasteiger charge is -2.31. The van der Waals surface area contributed by atoms with Crippen molar-refractivity contribution in [1.29, 1.82) is 0 Å². The van der Waals surface area contributed by atoms with E-state index in [1.165, 1.54) is 31.2 Å². The molecule has 0 spiro atoms. The predicted molar refractivity (Wildman–Crippen MR) is 76.0 cm³/mol. The molecular formula is C14H24ClN3. The van der Waals surface area contributed by atoms with E-state index in [2.05, 4.69) is 17.3 Å². The molecule has 102 valence electrons. The van der Waals surface area contributed by atoms with Gasteiger partial charge in [-0.2, -0.15) is 5.10 Å². The fourth-order valence-electron chi connectivity index (χ4n) is 3.25. The Hall–Kier alpha value is -0.540. The molecular weight excluding hydrogens is 246 g/mol. The molecule has 1 aliphatic rings. The summed E-state index contributed by atoms with van der Waals surface area (Å²) in [5.74, 6) is 1.55. The zero-order chi connectivity index (χ0) is 13.1. The Kier molecular flexibility index (Phi) is 4.68. The third-order valence-electron chi connectivity index (χ3n) is 4.27. The number of rotatable bonds is 4. The first-order valence-corrected chi connectivity index (χ1v) is 7.33. The van der Waals surface area contributed by atoms with Gasteiger partial charge in [-0.3, -0.25) is 4.68 Å². The summed E-state index contributed by atoms with van der Waals surface area (Å²) in [5.41, 5.74) is 2.35. The van der Waals surface area contributed by atoms with Crippen LogP contribution in [0.2, 0.25) is 5.15 Å². The summed E-state index contributed by atoms with van der Waals surface area (Å²) in [4.78, 5) is 0. The van der Waals surface area contributed by atoms with E-state index in [1.807, 2.05) is 14.1 Å². The van der Waals surface area contributed by atoms with Gasteiger partial charge in [-0.05, 0) is 51.6 Å². The molecule has 2 unspecified atom stereocenters. The maximum Gasteiger partial charge on any atom is 0.130 e. The molecule has 0 aliphatic heterocycles. The van der Waals surface area contributed by atoms with Crippen molar-refractivity contribution in [2.24, 2.45) is 18.9 Å². The summed E-state index contributed by atoms with van der Waals surface area (Å²) in [6.45, 7) is 3.19. The molecule has 1 aromatic heterocycles. The van der Waals surface area contributed by atoms with Crippen LogP contribution in [0.5, 0.6) is 0 Å². The number of nitrogens with zero attached hydrogens (tertiary/aromatic N) is 2. The Balaban J connectivity index is 2.10. The Morgan fingerprint density at radius 1 is 1.33 bits per heavy atom. The molecule has 3 nitrogen and oxygen atoms in total. The molecule has 18 heavy (non-hydrogen) atoms. The van der Waals surface area contributed by atoms with Crippen LogP contribution in [0.1, 0.15) is 36.9 Å². The molecule has 1 fully saturated rings. The summed E-state index contributed by atoms with van der Waals surface area (Å²) in [5, 5.41) is 8.57. The molecule has 1 aromatic rings. The van der Waals surface area contributed by atoms with Crippen LogP contribution in [0, 0.1) is 18.8 Å². The monoisotopic (exact) mass is 269 g/mol. The molecule has 2 atom stereocenters. The lowest BCUT2D eigenvalue weighted by molar-refractivity contribution is 0.232. The third-order valence-corrected chi connectivity index (χ3v) is 4.74. The van der Waals surface area contributed by atoms with E-state index in [9.17, 15) is 0 Å². The molecule has 0 amide bonds. The Bertz CT molecular complexity index is 398. The second kappa shape index (κ2) is 6.07. The van der Waals surface area contributed by atoms with Gasteiger partial charge in [0.15, 0.2) is 0 Å². The average Bonchev–Trinajstić information content (AvgIpc) is 2.59. The van der Waals surface area contributed by atoms with Gasteiger partial charge in [0, 0.05) is 12.6 Å². The van der Waals surface area contributed by atoms with Crippen LogP contribution in [-0.2, 0) is 13.5 Å². The van der Waals surface area contributed by atoms with E-state index in [0.29, 0.717) is 0 Å². The Morgan fingerprint density at radius 3 is 2.56 bits per heavy atom. The molecule has 1 heterocycles. The first-order chi connectivity index (χ1) is 8.63. The van der Waals surface area contributed by atoms with Gasteiger partial charge in [0.2, 0.25) is 0 Å². The van der Waals surface area contributed by atoms with Crippen LogP contribution < -0.4 is 5.32 Å². The summed E-state index contributed by atoms with van der Waals surface area (Å²) in [7, 11) is 3.97. The molecule has 1 aliphatic carbocycles. The summed E-state index contributed by atoms with van der Waals surface area (Å²) < 4.78 is 1.79. The molecule has 0 saturated heterocycles. The van der Waals surface area contributed by atoms with Crippen molar-refractivity contribution in [2.45, 2.75) is 39.0 Å². The van der Waals surface area contributed by atoms with Gasteiger partial charge in [-0.15, -0.1) is 0 Å². The minimum atomic E-state index is 0.756. The first-order valence-electron chi connectivity index (χ1n) is 6.96. The van der Waals surface area contributed by atoms with Gasteiger partial charge in [0.1, 0.15) is 5.15 Å². The Morgan fingerprint density at radius 2 is 2.00 bits per heavy atom. The summed E-state index contributed by atoms with van der Waals surface area (Å²) in [6.07, 6.45) is 6.51. The molecule has 4 heteroatoms. The maximum absolute atomic E-state index is 6.34. The second-order valence-corrected chi connectivity index (χ2v) is 5.90. The van der Waals surface area contributed by atoms with Crippen molar-refractivity contribution < 1.29 is 0 Å². The van der Waals surface area contributed by atoms with Crippen molar-refractivity contribution in [3.63, 3.8) is 0 Å². The molecule has 1 saturated carbocycles. The predicted octanol–water partition coefficient (Wildman–Crippen LogP) is 2.95. The van der Waals surface area contributed by atoms with E-state index in [1.54, 1.807) is 4.68 Å². The average molecular weight is 270 g/mol. The summed E-state index contributed by atoms with van der Waals surface area (Å²) in [6, 6.07) is 0. The number of halogens is 1. The quantitative estimate of drug-likeness (QED) is 0.911. The standard InChI is InChI=1S/C14H24ClN3/c1-10-13(14(15)18(3)17-10)8-11-6-4-5-7-12(11)9-16-2/h11-12,16H,4-9H2,1-3H3. The summed E-state index contributed by atoms with van der Waals surface area (Å²) >= 11 is 6.34. The van der Waals surface area contributed by atoms with Crippen LogP contribution in [0.25, 0.3) is 0 Å². The number of aryl methyl sites for hydroxylation is 2. The fraction of sp³-hybridized carbons (Fsp3) is 0.786. The zero-order valence-electron chi connectivity index (χ0n) is 11.7. The molecule has 0 radical (unpaired) electrons. The molecule has 2 rings (SSSR count). The smallest absolute Gasteiger partial charge is 0.130 e. The van der Waals surface area contributed by atoms with Crippen molar-refractivity contribution >= 4 is 11.6 Å². The van der Waals surface area contributed by atoms with Crippen molar-refractivity contribution in [1.82, 2.24) is 15.1 Å². The van der Waals surface area contributed by atoms with Crippen LogP contribution in [0.4, 0.5) is 0 Å². The Labute approximate surface area is 115 Å². The van der Waals surface area contributed by atoms with E-state index in [4.69, 9.17) is 11.6 Å². The van der Waals surface area contributed by atoms with Crippen LogP contribution in [0.15, 0.2) is 0 Å². The second-order valence-electron chi connectivity index (χ2n) is 5.54. The number of hydrogen-bond acceptors (Lipinski definition) is 2. The zero-order valence-corrected chi connectivity index (χ0v) is 12.4. The first kappa shape index (κ1) is 13.9. The normalized spacial score (nSPS) is 24.4. The number of aromatic nitrogens is 2. The number of hydrogen-bond donors (Lipinski definition) is 1. The van der Waals surface area contributed by atoms with E-state index in [-0.39, 0.29) is 0 Å². The third kappa shape index (κ3) is 2.89. The molecule has 0 bridgehead atoms. The highest BCUT2D eigenvalue weighted by Crippen LogP contribution is 2.34. The largest absolute Gasteiger partial charge is 0.319 e. The highest BCUT2D eigenvalue weighted by atomic mass is 35.5. The highest BCUT2D eigenvalue weighted by molar-refractivity contribution is 6.30. The van der Waals surface area contributed by atoms with Crippen LogP contribution >= 0.6 is 11.6 Å². The SMILES string of the molecule is CNCC1CCCCC1Cc1c(C)nn(C)c1Cl. The minimum absolute atomic E-state index is 0.756. The van der Waals surface area contributed by atoms with Gasteiger partial charge in [-0.25, -0.2) is 0 Å². The van der Waals surface area contributed by atoms with Crippen LogP contribution in [0.3, 0.4) is 0 Å². The van der Waals surface area contributed by atoms with E-state index >= 15 is 0 Å². The lowest BCUT2D eigenvalue weighted by Crippen LogP contribution is -2.30. The van der Waals surface area contributed by atoms with Crippen molar-refractivity contribution in [3.05, 3.63) is 16.4 Å². The maximum atomic E-state index is 6.34. The molecule has 0 aromatic carbocycles. The van der Waals surface area contributed by atoms with Gasteiger partial charge < -0.3 is 5.32 Å². The number of nitrogens with one attached hydrogen (secondary N) is 1. The van der Waals surface area contributed by atoms with Gasteiger partial charge in [0.25, 0.3) is 0 Å². The van der Waals surface area contributed by atoms with Crippen molar-refractivity contribution in [2.75, 3.05) is 13.6 Å². The van der Waals surface area contributed by atoms with E-state index < -0.39 is 0 Å². The molecule has 1 N–H and O–H groups in total. The van der Waals surface area contributed by atoms with Crippen molar-refractivity contribution in [3.8, 4) is 0 Å². The fourth-order valence-corrected chi connectivity index (χ4v) is 3.50. The van der Waals surface area contributed by atoms with E-state index in [0.717, 1.165) is 35.6 Å². The highest BCUT2D eigenvalue weighted by Gasteiger charge is 2.26. The lowest BCUT2D eigenvalue weighted by atomic mass is 9.76. The van der Waals surface area contributed by atoms with Gasteiger partial charge in [-0.1, -0.05) is 24.4 Å². The van der Waals surface area contributed by atoms with Crippen LogP contribution in [-0.4, -0.2) is 23.4 Å². The van der Waals surface area contributed by atoms with Gasteiger partial charge in [0.05, 0.1) is 5.69 Å². The van der Waals surface area contributed by atoms with Gasteiger partial charge >= 0.3 is 0 Å².